The first-order chi connectivity index (χ1) is 7.58. The average Bonchev–Trinajstić information content (AvgIpc) is 2.25. The second kappa shape index (κ2) is 5.90. The Morgan fingerprint density at radius 1 is 1.19 bits per heavy atom. The smallest absolute Gasteiger partial charge is 0.220 e. The van der Waals surface area contributed by atoms with Crippen molar-refractivity contribution in [2.24, 2.45) is 0 Å². The summed E-state index contributed by atoms with van der Waals surface area (Å²) in [5, 5.41) is 11.8. The number of amides is 1. The number of carbonyl (C=O) groups excluding carboxylic acids is 2. The van der Waals surface area contributed by atoms with Crippen LogP contribution in [0.2, 0.25) is 0 Å². The van der Waals surface area contributed by atoms with Crippen LogP contribution in [0.3, 0.4) is 0 Å². The lowest BCUT2D eigenvalue weighted by Crippen LogP contribution is -2.22. The summed E-state index contributed by atoms with van der Waals surface area (Å²) in [6.45, 7) is 1.88. The van der Waals surface area contributed by atoms with Gasteiger partial charge in [-0.2, -0.15) is 0 Å². The van der Waals surface area contributed by atoms with Crippen LogP contribution in [0, 0.1) is 0 Å². The molecule has 0 radical (unpaired) electrons. The van der Waals surface area contributed by atoms with Crippen LogP contribution in [-0.4, -0.2) is 16.8 Å². The van der Waals surface area contributed by atoms with E-state index in [0.717, 1.165) is 5.56 Å². The summed E-state index contributed by atoms with van der Waals surface area (Å²) >= 11 is 0. The van der Waals surface area contributed by atoms with Gasteiger partial charge in [0, 0.05) is 19.4 Å². The van der Waals surface area contributed by atoms with Crippen molar-refractivity contribution in [3.63, 3.8) is 0 Å². The molecule has 1 rings (SSSR count). The molecule has 0 saturated carbocycles. The zero-order valence-electron chi connectivity index (χ0n) is 9.19. The second-order valence-electron chi connectivity index (χ2n) is 3.65. The van der Waals surface area contributed by atoms with Crippen LogP contribution in [0.25, 0.3) is 0 Å². The summed E-state index contributed by atoms with van der Waals surface area (Å²) in [6, 6.07) is 6.61. The molecule has 0 aliphatic rings. The van der Waals surface area contributed by atoms with E-state index in [4.69, 9.17) is 5.11 Å². The predicted octanol–water partition coefficient (Wildman–Crippen LogP) is 1.38. The summed E-state index contributed by atoms with van der Waals surface area (Å²) in [4.78, 5) is 21.9. The highest BCUT2D eigenvalue weighted by molar-refractivity contribution is 5.83. The lowest BCUT2D eigenvalue weighted by molar-refractivity contribution is -0.124. The minimum absolute atomic E-state index is 0.0137. The quantitative estimate of drug-likeness (QED) is 0.789. The zero-order chi connectivity index (χ0) is 12.0. The van der Waals surface area contributed by atoms with E-state index in [0.29, 0.717) is 6.54 Å². The van der Waals surface area contributed by atoms with Crippen LogP contribution in [0.15, 0.2) is 24.3 Å². The largest absolute Gasteiger partial charge is 0.508 e. The molecule has 4 heteroatoms. The van der Waals surface area contributed by atoms with Gasteiger partial charge in [0.25, 0.3) is 0 Å². The lowest BCUT2D eigenvalue weighted by atomic mass is 10.2. The Kier molecular flexibility index (Phi) is 4.51. The summed E-state index contributed by atoms with van der Waals surface area (Å²) in [7, 11) is 0. The van der Waals surface area contributed by atoms with E-state index in [1.807, 2.05) is 0 Å². The van der Waals surface area contributed by atoms with E-state index in [9.17, 15) is 9.59 Å². The minimum atomic E-state index is -0.136. The number of phenols is 1. The molecule has 0 unspecified atom stereocenters. The maximum Gasteiger partial charge on any atom is 0.220 e. The number of nitrogens with one attached hydrogen (secondary N) is 1. The maximum absolute atomic E-state index is 11.3. The van der Waals surface area contributed by atoms with E-state index < -0.39 is 0 Å². The van der Waals surface area contributed by atoms with Gasteiger partial charge in [0.15, 0.2) is 0 Å². The molecule has 2 N–H and O–H groups in total. The molecule has 0 aliphatic heterocycles. The van der Waals surface area contributed by atoms with Gasteiger partial charge in [-0.1, -0.05) is 12.1 Å². The number of aromatic hydroxyl groups is 1. The molecule has 0 saturated heterocycles. The lowest BCUT2D eigenvalue weighted by Gasteiger charge is -2.04. The number of hydrogen-bond donors (Lipinski definition) is 2. The Labute approximate surface area is 94.3 Å². The Hall–Kier alpha value is -1.84. The average molecular weight is 221 g/mol. The standard InChI is InChI=1S/C12H15NO3/c1-9(14)2-7-12(16)13-8-10-3-5-11(15)6-4-10/h3-6,15H,2,7-8H2,1H3,(H,13,16). The van der Waals surface area contributed by atoms with Crippen LogP contribution in [0.1, 0.15) is 25.3 Å². The highest BCUT2D eigenvalue weighted by Crippen LogP contribution is 2.09. The minimum Gasteiger partial charge on any atom is -0.508 e. The highest BCUT2D eigenvalue weighted by atomic mass is 16.3. The van der Waals surface area contributed by atoms with E-state index >= 15 is 0 Å². The number of Topliss-reactive ketones (excluding diaryl/α,β-unsaturated/α-hetero) is 1. The molecule has 0 aliphatic carbocycles. The number of benzene rings is 1. The molecule has 0 heterocycles. The number of carbonyl (C=O) groups is 2. The first-order valence-corrected chi connectivity index (χ1v) is 5.12. The number of rotatable bonds is 5. The third-order valence-corrected chi connectivity index (χ3v) is 2.13. The first kappa shape index (κ1) is 12.2. The Balaban J connectivity index is 2.31. The summed E-state index contributed by atoms with van der Waals surface area (Å²) in [5.74, 6) is 0.0784. The Bertz CT molecular complexity index is 370. The van der Waals surface area contributed by atoms with Crippen LogP contribution in [-0.2, 0) is 16.1 Å². The van der Waals surface area contributed by atoms with Crippen molar-refractivity contribution >= 4 is 11.7 Å². The molecule has 0 bridgehead atoms. The van der Waals surface area contributed by atoms with Gasteiger partial charge in [-0.3, -0.25) is 4.79 Å². The fourth-order valence-electron chi connectivity index (χ4n) is 1.19. The van der Waals surface area contributed by atoms with Gasteiger partial charge in [-0.25, -0.2) is 0 Å². The molecule has 0 fully saturated rings. The van der Waals surface area contributed by atoms with Gasteiger partial charge in [-0.15, -0.1) is 0 Å². The molecular weight excluding hydrogens is 206 g/mol. The van der Waals surface area contributed by atoms with Crippen LogP contribution >= 0.6 is 0 Å². The summed E-state index contributed by atoms with van der Waals surface area (Å²) in [6.07, 6.45) is 0.509. The van der Waals surface area contributed by atoms with Gasteiger partial charge in [0.2, 0.25) is 5.91 Å². The SMILES string of the molecule is CC(=O)CCC(=O)NCc1ccc(O)cc1. The van der Waals surface area contributed by atoms with Crippen LogP contribution < -0.4 is 5.32 Å². The Morgan fingerprint density at radius 3 is 2.38 bits per heavy atom. The molecular formula is C12H15NO3. The number of ketones is 1. The molecule has 16 heavy (non-hydrogen) atoms. The van der Waals surface area contributed by atoms with Crippen molar-refractivity contribution in [2.45, 2.75) is 26.3 Å². The van der Waals surface area contributed by atoms with Crippen molar-refractivity contribution in [2.75, 3.05) is 0 Å². The molecule has 1 amide bonds. The molecule has 0 spiro atoms. The van der Waals surface area contributed by atoms with Crippen LogP contribution in [0.5, 0.6) is 5.75 Å². The summed E-state index contributed by atoms with van der Waals surface area (Å²) < 4.78 is 0. The van der Waals surface area contributed by atoms with Crippen LogP contribution in [0.4, 0.5) is 0 Å². The van der Waals surface area contributed by atoms with Gasteiger partial charge >= 0.3 is 0 Å². The second-order valence-corrected chi connectivity index (χ2v) is 3.65. The fraction of sp³-hybridized carbons (Fsp3) is 0.333. The van der Waals surface area contributed by atoms with Gasteiger partial charge in [-0.05, 0) is 24.6 Å². The number of hydrogen-bond acceptors (Lipinski definition) is 3. The van der Waals surface area contributed by atoms with Crippen molar-refractivity contribution in [1.82, 2.24) is 5.32 Å². The third-order valence-electron chi connectivity index (χ3n) is 2.13. The van der Waals surface area contributed by atoms with Crippen molar-refractivity contribution in [3.8, 4) is 5.75 Å². The van der Waals surface area contributed by atoms with E-state index in [2.05, 4.69) is 5.32 Å². The predicted molar refractivity (Wildman–Crippen MR) is 59.9 cm³/mol. The normalized spacial score (nSPS) is 9.81. The van der Waals surface area contributed by atoms with E-state index in [1.165, 1.54) is 6.92 Å². The van der Waals surface area contributed by atoms with Crippen molar-refractivity contribution in [1.29, 1.82) is 0 Å². The molecule has 86 valence electrons. The Morgan fingerprint density at radius 2 is 1.81 bits per heavy atom. The van der Waals surface area contributed by atoms with Gasteiger partial charge in [0.05, 0.1) is 0 Å². The first-order valence-electron chi connectivity index (χ1n) is 5.12. The van der Waals surface area contributed by atoms with E-state index in [-0.39, 0.29) is 30.3 Å². The fourth-order valence-corrected chi connectivity index (χ4v) is 1.19. The third kappa shape index (κ3) is 4.59. The van der Waals surface area contributed by atoms with Crippen molar-refractivity contribution < 1.29 is 14.7 Å². The molecule has 1 aromatic rings. The van der Waals surface area contributed by atoms with Gasteiger partial charge < -0.3 is 15.2 Å². The zero-order valence-corrected chi connectivity index (χ0v) is 9.19. The molecule has 1 aromatic carbocycles. The molecule has 0 aromatic heterocycles. The monoisotopic (exact) mass is 221 g/mol. The summed E-state index contributed by atoms with van der Waals surface area (Å²) in [5.41, 5.74) is 0.911. The van der Waals surface area contributed by atoms with E-state index in [1.54, 1.807) is 24.3 Å². The highest BCUT2D eigenvalue weighted by Gasteiger charge is 2.03. The number of phenolic OH excluding ortho intramolecular Hbond substituents is 1. The molecule has 4 nitrogen and oxygen atoms in total. The van der Waals surface area contributed by atoms with Gasteiger partial charge in [0.1, 0.15) is 11.5 Å². The topological polar surface area (TPSA) is 66.4 Å². The maximum atomic E-state index is 11.3. The van der Waals surface area contributed by atoms with Crippen molar-refractivity contribution in [3.05, 3.63) is 29.8 Å². The molecule has 0 atom stereocenters.